The van der Waals surface area contributed by atoms with Crippen LogP contribution in [0.15, 0.2) is 72.8 Å². The molecule has 0 heterocycles. The van der Waals surface area contributed by atoms with E-state index >= 15 is 0 Å². The van der Waals surface area contributed by atoms with E-state index in [1.807, 2.05) is 0 Å². The van der Waals surface area contributed by atoms with Gasteiger partial charge in [-0.3, -0.25) is 14.5 Å². The predicted molar refractivity (Wildman–Crippen MR) is 105 cm³/mol. The second kappa shape index (κ2) is 8.26. The molecule has 3 N–H and O–H groups in total. The van der Waals surface area contributed by atoms with Gasteiger partial charge in [-0.1, -0.05) is 12.1 Å². The summed E-state index contributed by atoms with van der Waals surface area (Å²) in [6.07, 6.45) is 0.421. The zero-order valence-corrected chi connectivity index (χ0v) is 14.9. The van der Waals surface area contributed by atoms with E-state index in [0.29, 0.717) is 23.4 Å². The van der Waals surface area contributed by atoms with E-state index in [1.165, 1.54) is 29.2 Å². The zero-order valence-electron chi connectivity index (χ0n) is 14.9. The molecule has 0 saturated carbocycles. The number of hydrogen-bond acceptors (Lipinski definition) is 4. The fourth-order valence-corrected chi connectivity index (χ4v) is 2.78. The third-order valence-corrected chi connectivity index (χ3v) is 4.25. The van der Waals surface area contributed by atoms with Gasteiger partial charge in [-0.15, -0.1) is 0 Å². The average molecular weight is 377 g/mol. The van der Waals surface area contributed by atoms with Crippen molar-refractivity contribution in [2.75, 3.05) is 4.90 Å². The van der Waals surface area contributed by atoms with Gasteiger partial charge in [0, 0.05) is 23.4 Å². The van der Waals surface area contributed by atoms with Crippen LogP contribution in [0.1, 0.15) is 22.3 Å². The van der Waals surface area contributed by atoms with E-state index < -0.39 is 5.97 Å². The number of phenols is 2. The highest BCUT2D eigenvalue weighted by Gasteiger charge is 2.20. The first-order chi connectivity index (χ1) is 13.4. The van der Waals surface area contributed by atoms with Gasteiger partial charge in [0.2, 0.25) is 0 Å². The van der Waals surface area contributed by atoms with Crippen molar-refractivity contribution in [3.8, 4) is 11.5 Å². The van der Waals surface area contributed by atoms with Gasteiger partial charge in [-0.25, -0.2) is 0 Å². The number of nitrogens with zero attached hydrogens (tertiary/aromatic N) is 1. The fourth-order valence-electron chi connectivity index (χ4n) is 2.78. The van der Waals surface area contributed by atoms with Crippen molar-refractivity contribution in [1.29, 1.82) is 0 Å². The first-order valence-corrected chi connectivity index (χ1v) is 8.67. The highest BCUT2D eigenvalue weighted by atomic mass is 16.4. The number of aliphatic carboxylic acids is 1. The van der Waals surface area contributed by atoms with Crippen LogP contribution in [0.3, 0.4) is 0 Å². The van der Waals surface area contributed by atoms with Gasteiger partial charge in [0.15, 0.2) is 0 Å². The number of amides is 1. The minimum atomic E-state index is -0.869. The molecule has 0 aliphatic heterocycles. The molecular formula is C22H19NO5. The Kier molecular flexibility index (Phi) is 5.60. The quantitative estimate of drug-likeness (QED) is 0.601. The van der Waals surface area contributed by atoms with E-state index in [9.17, 15) is 19.8 Å². The number of phenolic OH excluding ortho intramolecular Hbond substituents is 2. The van der Waals surface area contributed by atoms with E-state index in [0.717, 1.165) is 5.56 Å². The second-order valence-corrected chi connectivity index (χ2v) is 6.26. The smallest absolute Gasteiger partial charge is 0.303 e. The minimum Gasteiger partial charge on any atom is -0.508 e. The molecule has 0 bridgehead atoms. The minimum absolute atomic E-state index is 0.0282. The van der Waals surface area contributed by atoms with Crippen molar-refractivity contribution >= 4 is 23.3 Å². The van der Waals surface area contributed by atoms with Gasteiger partial charge < -0.3 is 15.3 Å². The Morgan fingerprint density at radius 1 is 0.714 bits per heavy atom. The van der Waals surface area contributed by atoms with Crippen LogP contribution in [-0.4, -0.2) is 27.2 Å². The van der Waals surface area contributed by atoms with Crippen LogP contribution in [0.25, 0.3) is 0 Å². The molecule has 0 fully saturated rings. The molecule has 0 atom stereocenters. The Morgan fingerprint density at radius 2 is 1.18 bits per heavy atom. The standard InChI is InChI=1S/C22H19NO5/c24-19-10-6-17(7-11-19)23(18-8-12-20(25)13-9-18)22(28)16-4-1-15(2-5-16)3-14-21(26)27/h1-2,4-13,24-25H,3,14H2,(H,26,27). The molecule has 6 heteroatoms. The first kappa shape index (κ1) is 19.0. The highest BCUT2D eigenvalue weighted by Crippen LogP contribution is 2.30. The largest absolute Gasteiger partial charge is 0.508 e. The molecule has 142 valence electrons. The molecular weight excluding hydrogens is 358 g/mol. The monoisotopic (exact) mass is 377 g/mol. The number of hydrogen-bond donors (Lipinski definition) is 3. The molecule has 0 spiro atoms. The number of anilines is 2. The van der Waals surface area contributed by atoms with Crippen LogP contribution < -0.4 is 4.90 Å². The molecule has 0 aliphatic rings. The average Bonchev–Trinajstić information content (AvgIpc) is 2.70. The number of benzene rings is 3. The molecule has 0 saturated heterocycles. The first-order valence-electron chi connectivity index (χ1n) is 8.67. The number of carboxylic acids is 1. The topological polar surface area (TPSA) is 98.1 Å². The summed E-state index contributed by atoms with van der Waals surface area (Å²) in [4.78, 5) is 25.4. The molecule has 0 radical (unpaired) electrons. The zero-order chi connectivity index (χ0) is 20.1. The summed E-state index contributed by atoms with van der Waals surface area (Å²) >= 11 is 0. The van der Waals surface area contributed by atoms with Crippen LogP contribution in [0.4, 0.5) is 11.4 Å². The van der Waals surface area contributed by atoms with Gasteiger partial charge in [0.25, 0.3) is 5.91 Å². The summed E-state index contributed by atoms with van der Waals surface area (Å²) < 4.78 is 0. The van der Waals surface area contributed by atoms with Crippen molar-refractivity contribution in [3.05, 3.63) is 83.9 Å². The van der Waals surface area contributed by atoms with Crippen LogP contribution in [-0.2, 0) is 11.2 Å². The molecule has 0 aliphatic carbocycles. The molecule has 3 aromatic rings. The lowest BCUT2D eigenvalue weighted by Gasteiger charge is -2.23. The number of rotatable bonds is 6. The van der Waals surface area contributed by atoms with Crippen molar-refractivity contribution in [1.82, 2.24) is 0 Å². The van der Waals surface area contributed by atoms with E-state index in [1.54, 1.807) is 48.5 Å². The lowest BCUT2D eigenvalue weighted by Crippen LogP contribution is -2.25. The molecule has 0 aromatic heterocycles. The molecule has 28 heavy (non-hydrogen) atoms. The summed E-state index contributed by atoms with van der Waals surface area (Å²) in [5, 5.41) is 27.9. The van der Waals surface area contributed by atoms with Crippen molar-refractivity contribution in [2.24, 2.45) is 0 Å². The van der Waals surface area contributed by atoms with Crippen LogP contribution >= 0.6 is 0 Å². The molecule has 0 unspecified atom stereocenters. The summed E-state index contributed by atoms with van der Waals surface area (Å²) in [6.45, 7) is 0. The molecule has 6 nitrogen and oxygen atoms in total. The Bertz CT molecular complexity index is 918. The van der Waals surface area contributed by atoms with Crippen LogP contribution in [0.5, 0.6) is 11.5 Å². The van der Waals surface area contributed by atoms with Crippen LogP contribution in [0, 0.1) is 0 Å². The molecule has 3 aromatic carbocycles. The third-order valence-electron chi connectivity index (χ3n) is 4.25. The SMILES string of the molecule is O=C(O)CCc1ccc(C(=O)N(c2ccc(O)cc2)c2ccc(O)cc2)cc1. The lowest BCUT2D eigenvalue weighted by atomic mass is 10.1. The Labute approximate surface area is 161 Å². The van der Waals surface area contributed by atoms with E-state index in [4.69, 9.17) is 5.11 Å². The number of carbonyl (C=O) groups excluding carboxylic acids is 1. The maximum absolute atomic E-state index is 13.2. The fraction of sp³-hybridized carbons (Fsp3) is 0.0909. The third kappa shape index (κ3) is 4.48. The van der Waals surface area contributed by atoms with Gasteiger partial charge in [0.05, 0.1) is 0 Å². The highest BCUT2D eigenvalue weighted by molar-refractivity contribution is 6.11. The number of carboxylic acid groups (broad SMARTS) is 1. The predicted octanol–water partition coefficient (Wildman–Crippen LogP) is 4.09. The van der Waals surface area contributed by atoms with Crippen molar-refractivity contribution in [2.45, 2.75) is 12.8 Å². The summed E-state index contributed by atoms with van der Waals surface area (Å²) in [7, 11) is 0. The van der Waals surface area contributed by atoms with Crippen molar-refractivity contribution in [3.63, 3.8) is 0 Å². The lowest BCUT2D eigenvalue weighted by molar-refractivity contribution is -0.136. The summed E-state index contributed by atoms with van der Waals surface area (Å²) in [5.74, 6) is -0.985. The molecule has 1 amide bonds. The number of aromatic hydroxyl groups is 2. The Balaban J connectivity index is 1.93. The Hall–Kier alpha value is -3.80. The number of aryl methyl sites for hydroxylation is 1. The normalized spacial score (nSPS) is 10.4. The van der Waals surface area contributed by atoms with Gasteiger partial charge in [0.1, 0.15) is 11.5 Å². The summed E-state index contributed by atoms with van der Waals surface area (Å²) in [6, 6.07) is 19.3. The second-order valence-electron chi connectivity index (χ2n) is 6.26. The van der Waals surface area contributed by atoms with Gasteiger partial charge >= 0.3 is 5.97 Å². The maximum atomic E-state index is 13.2. The van der Waals surface area contributed by atoms with E-state index in [2.05, 4.69) is 0 Å². The van der Waals surface area contributed by atoms with E-state index in [-0.39, 0.29) is 23.8 Å². The van der Waals surface area contributed by atoms with Crippen molar-refractivity contribution < 1.29 is 24.9 Å². The van der Waals surface area contributed by atoms with Crippen LogP contribution in [0.2, 0.25) is 0 Å². The van der Waals surface area contributed by atoms with Gasteiger partial charge in [-0.2, -0.15) is 0 Å². The summed E-state index contributed by atoms with van der Waals surface area (Å²) in [5.41, 5.74) is 2.38. The Morgan fingerprint density at radius 3 is 1.61 bits per heavy atom. The maximum Gasteiger partial charge on any atom is 0.303 e. The molecule has 3 rings (SSSR count). The van der Waals surface area contributed by atoms with Gasteiger partial charge in [-0.05, 0) is 72.6 Å². The number of carbonyl (C=O) groups is 2.